The molecule has 0 heterocycles. The summed E-state index contributed by atoms with van der Waals surface area (Å²) in [5, 5.41) is 12.2. The second kappa shape index (κ2) is 5.41. The fraction of sp³-hybridized carbons (Fsp3) is 0.333. The van der Waals surface area contributed by atoms with Gasteiger partial charge in [0.25, 0.3) is 0 Å². The molecule has 0 atom stereocenters. The zero-order chi connectivity index (χ0) is 11.3. The lowest BCUT2D eigenvalue weighted by atomic mass is 10.0. The van der Waals surface area contributed by atoms with E-state index in [-0.39, 0.29) is 5.92 Å². The number of hydroxylamine groups is 1. The van der Waals surface area contributed by atoms with Gasteiger partial charge in [-0.1, -0.05) is 44.2 Å². The average Bonchev–Trinajstić information content (AvgIpc) is 2.26. The van der Waals surface area contributed by atoms with Gasteiger partial charge in [0.05, 0.1) is 11.4 Å². The molecule has 0 aliphatic heterocycles. The van der Waals surface area contributed by atoms with Gasteiger partial charge in [-0.15, -0.1) is 0 Å². The first-order chi connectivity index (χ1) is 7.20. The van der Waals surface area contributed by atoms with E-state index in [9.17, 15) is 0 Å². The molecule has 1 aromatic carbocycles. The zero-order valence-electron chi connectivity index (χ0n) is 9.41. The lowest BCUT2D eigenvalue weighted by molar-refractivity contribution is 0.189. The van der Waals surface area contributed by atoms with Crippen LogP contribution in [0.2, 0.25) is 0 Å². The van der Waals surface area contributed by atoms with Gasteiger partial charge in [0.2, 0.25) is 0 Å². The van der Waals surface area contributed by atoms with Crippen LogP contribution in [-0.2, 0) is 0 Å². The highest BCUT2D eigenvalue weighted by Crippen LogP contribution is 2.18. The van der Waals surface area contributed by atoms with Crippen LogP contribution in [0.25, 0.3) is 5.70 Å². The van der Waals surface area contributed by atoms with Crippen LogP contribution in [0.15, 0.2) is 36.0 Å². The van der Waals surface area contributed by atoms with Crippen molar-refractivity contribution in [2.45, 2.75) is 13.8 Å². The summed E-state index contributed by atoms with van der Waals surface area (Å²) in [5.41, 5.74) is 5.05. The van der Waals surface area contributed by atoms with Gasteiger partial charge in [-0.3, -0.25) is 10.7 Å². The van der Waals surface area contributed by atoms with Crippen molar-refractivity contribution in [1.82, 2.24) is 10.8 Å². The normalized spacial score (nSPS) is 12.3. The molecule has 0 bridgehead atoms. The van der Waals surface area contributed by atoms with Crippen LogP contribution in [0, 0.1) is 5.92 Å². The number of hydrogen-bond donors (Lipinski definition) is 3. The third-order valence-corrected chi connectivity index (χ3v) is 2.28. The minimum atomic E-state index is 0.234. The average molecular weight is 206 g/mol. The highest BCUT2D eigenvalue weighted by molar-refractivity contribution is 5.66. The molecule has 0 spiro atoms. The first-order valence-corrected chi connectivity index (χ1v) is 5.08. The molecule has 15 heavy (non-hydrogen) atoms. The van der Waals surface area contributed by atoms with Gasteiger partial charge in [0, 0.05) is 7.05 Å². The Hall–Kier alpha value is -1.48. The Morgan fingerprint density at radius 3 is 2.20 bits per heavy atom. The highest BCUT2D eigenvalue weighted by Gasteiger charge is 2.10. The summed E-state index contributed by atoms with van der Waals surface area (Å²) in [6.07, 6.45) is 0. The molecule has 82 valence electrons. The Morgan fingerprint density at radius 1 is 1.20 bits per heavy atom. The summed E-state index contributed by atoms with van der Waals surface area (Å²) in [7, 11) is 1.85. The molecule has 0 saturated heterocycles. The van der Waals surface area contributed by atoms with Crippen LogP contribution < -0.4 is 10.8 Å². The second-order valence-electron chi connectivity index (χ2n) is 3.67. The summed E-state index contributed by atoms with van der Waals surface area (Å²) < 4.78 is 0. The van der Waals surface area contributed by atoms with E-state index in [4.69, 9.17) is 5.21 Å². The predicted octanol–water partition coefficient (Wildman–Crippen LogP) is 2.21. The van der Waals surface area contributed by atoms with Crippen LogP contribution in [0.3, 0.4) is 0 Å². The van der Waals surface area contributed by atoms with E-state index in [0.717, 1.165) is 17.0 Å². The Balaban J connectivity index is 3.17. The number of benzene rings is 1. The van der Waals surface area contributed by atoms with Crippen molar-refractivity contribution in [3.05, 3.63) is 41.6 Å². The fourth-order valence-corrected chi connectivity index (χ4v) is 1.51. The monoisotopic (exact) mass is 206 g/mol. The SMILES string of the molecule is CN/C(=C(\NO)C(C)C)c1ccccc1. The van der Waals surface area contributed by atoms with Crippen LogP contribution in [-0.4, -0.2) is 12.3 Å². The third kappa shape index (κ3) is 2.73. The Morgan fingerprint density at radius 2 is 1.80 bits per heavy atom. The maximum absolute atomic E-state index is 9.11. The summed E-state index contributed by atoms with van der Waals surface area (Å²) >= 11 is 0. The van der Waals surface area contributed by atoms with Crippen LogP contribution in [0.4, 0.5) is 0 Å². The molecular formula is C12H18N2O. The predicted molar refractivity (Wildman–Crippen MR) is 62.2 cm³/mol. The van der Waals surface area contributed by atoms with E-state index in [1.54, 1.807) is 0 Å². The van der Waals surface area contributed by atoms with Crippen molar-refractivity contribution in [3.8, 4) is 0 Å². The first kappa shape index (κ1) is 11.6. The molecule has 0 radical (unpaired) electrons. The van der Waals surface area contributed by atoms with Gasteiger partial charge in [-0.25, -0.2) is 0 Å². The molecule has 1 aromatic rings. The standard InChI is InChI=1S/C12H18N2O/c1-9(2)11(14-15)12(13-3)10-7-5-4-6-8-10/h4-9,13-15H,1-3H3/b12-11-. The number of rotatable bonds is 4. The Bertz CT molecular complexity index is 331. The molecule has 1 rings (SSSR count). The first-order valence-electron chi connectivity index (χ1n) is 5.08. The largest absolute Gasteiger partial charge is 0.386 e. The third-order valence-electron chi connectivity index (χ3n) is 2.28. The smallest absolute Gasteiger partial charge is 0.0638 e. The van der Waals surface area contributed by atoms with Gasteiger partial charge >= 0.3 is 0 Å². The summed E-state index contributed by atoms with van der Waals surface area (Å²) in [4.78, 5) is 0. The molecule has 0 aliphatic rings. The van der Waals surface area contributed by atoms with Gasteiger partial charge in [0.15, 0.2) is 0 Å². The van der Waals surface area contributed by atoms with E-state index >= 15 is 0 Å². The second-order valence-corrected chi connectivity index (χ2v) is 3.67. The summed E-state index contributed by atoms with van der Waals surface area (Å²) in [5.74, 6) is 0.234. The minimum Gasteiger partial charge on any atom is -0.386 e. The molecule has 0 fully saturated rings. The van der Waals surface area contributed by atoms with Crippen molar-refractivity contribution < 1.29 is 5.21 Å². The lowest BCUT2D eigenvalue weighted by Crippen LogP contribution is -2.20. The van der Waals surface area contributed by atoms with E-state index in [1.165, 1.54) is 0 Å². The topological polar surface area (TPSA) is 44.3 Å². The van der Waals surface area contributed by atoms with Crippen molar-refractivity contribution in [2.75, 3.05) is 7.05 Å². The molecule has 3 N–H and O–H groups in total. The molecule has 3 nitrogen and oxygen atoms in total. The van der Waals surface area contributed by atoms with Gasteiger partial charge in [-0.05, 0) is 11.5 Å². The maximum atomic E-state index is 9.11. The van der Waals surface area contributed by atoms with Gasteiger partial charge < -0.3 is 5.32 Å². The Labute approximate surface area is 90.8 Å². The van der Waals surface area contributed by atoms with E-state index in [1.807, 2.05) is 51.2 Å². The number of nitrogens with one attached hydrogen (secondary N) is 2. The van der Waals surface area contributed by atoms with Crippen LogP contribution >= 0.6 is 0 Å². The molecule has 0 amide bonds. The van der Waals surface area contributed by atoms with E-state index < -0.39 is 0 Å². The van der Waals surface area contributed by atoms with Crippen LogP contribution in [0.1, 0.15) is 19.4 Å². The van der Waals surface area contributed by atoms with E-state index in [0.29, 0.717) is 0 Å². The lowest BCUT2D eigenvalue weighted by Gasteiger charge is -2.17. The van der Waals surface area contributed by atoms with Crippen molar-refractivity contribution in [1.29, 1.82) is 0 Å². The molecular weight excluding hydrogens is 188 g/mol. The van der Waals surface area contributed by atoms with E-state index in [2.05, 4.69) is 10.8 Å². The minimum absolute atomic E-state index is 0.234. The Kier molecular flexibility index (Phi) is 4.18. The molecule has 0 unspecified atom stereocenters. The maximum Gasteiger partial charge on any atom is 0.0638 e. The van der Waals surface area contributed by atoms with Crippen molar-refractivity contribution in [2.24, 2.45) is 5.92 Å². The molecule has 0 aliphatic carbocycles. The molecule has 0 saturated carbocycles. The number of allylic oxidation sites excluding steroid dienone is 1. The van der Waals surface area contributed by atoms with Crippen molar-refractivity contribution in [3.63, 3.8) is 0 Å². The van der Waals surface area contributed by atoms with Gasteiger partial charge in [0.1, 0.15) is 0 Å². The number of hydrogen-bond acceptors (Lipinski definition) is 3. The zero-order valence-corrected chi connectivity index (χ0v) is 9.41. The van der Waals surface area contributed by atoms with Crippen LogP contribution in [0.5, 0.6) is 0 Å². The summed E-state index contributed by atoms with van der Waals surface area (Å²) in [6.45, 7) is 4.05. The fourth-order valence-electron chi connectivity index (χ4n) is 1.51. The quantitative estimate of drug-likeness (QED) is 0.662. The molecule has 3 heteroatoms. The van der Waals surface area contributed by atoms with Gasteiger partial charge in [-0.2, -0.15) is 0 Å². The van der Waals surface area contributed by atoms with Crippen molar-refractivity contribution >= 4 is 5.70 Å². The highest BCUT2D eigenvalue weighted by atomic mass is 16.5. The summed E-state index contributed by atoms with van der Waals surface area (Å²) in [6, 6.07) is 9.93. The molecule has 0 aromatic heterocycles.